The summed E-state index contributed by atoms with van der Waals surface area (Å²) in [5.41, 5.74) is 2.01. The Morgan fingerprint density at radius 3 is 2.44 bits per heavy atom. The SMILES string of the molecule is CC1=CC(=O)N(c2cc(Br)ccc2C)C1=O. The summed E-state index contributed by atoms with van der Waals surface area (Å²) >= 11 is 3.33. The first kappa shape index (κ1) is 11.1. The van der Waals surface area contributed by atoms with E-state index in [0.717, 1.165) is 10.0 Å². The summed E-state index contributed by atoms with van der Waals surface area (Å²) in [5.74, 6) is -0.519. The van der Waals surface area contributed by atoms with Gasteiger partial charge in [0.1, 0.15) is 0 Å². The fraction of sp³-hybridized carbons (Fsp3) is 0.167. The molecule has 0 spiro atoms. The summed E-state index contributed by atoms with van der Waals surface area (Å²) in [5, 5.41) is 0. The summed E-state index contributed by atoms with van der Waals surface area (Å²) < 4.78 is 0.846. The van der Waals surface area contributed by atoms with Gasteiger partial charge in [-0.15, -0.1) is 0 Å². The third-order valence-electron chi connectivity index (χ3n) is 2.51. The fourth-order valence-corrected chi connectivity index (χ4v) is 1.99. The van der Waals surface area contributed by atoms with Gasteiger partial charge in [-0.3, -0.25) is 9.59 Å². The minimum absolute atomic E-state index is 0.244. The summed E-state index contributed by atoms with van der Waals surface area (Å²) in [6.45, 7) is 3.52. The third-order valence-corrected chi connectivity index (χ3v) is 3.01. The molecule has 0 saturated heterocycles. The van der Waals surface area contributed by atoms with Crippen LogP contribution in [0.25, 0.3) is 0 Å². The average molecular weight is 280 g/mol. The molecule has 0 aliphatic carbocycles. The highest BCUT2D eigenvalue weighted by atomic mass is 79.9. The van der Waals surface area contributed by atoms with Gasteiger partial charge >= 0.3 is 0 Å². The number of nitrogens with zero attached hydrogens (tertiary/aromatic N) is 1. The van der Waals surface area contributed by atoms with Crippen LogP contribution in [0.4, 0.5) is 5.69 Å². The van der Waals surface area contributed by atoms with Gasteiger partial charge in [-0.1, -0.05) is 22.0 Å². The maximum absolute atomic E-state index is 11.8. The molecule has 0 saturated carbocycles. The molecule has 1 aliphatic heterocycles. The minimum atomic E-state index is -0.274. The molecule has 0 fully saturated rings. The lowest BCUT2D eigenvalue weighted by Crippen LogP contribution is -2.31. The Hall–Kier alpha value is -1.42. The van der Waals surface area contributed by atoms with E-state index in [1.54, 1.807) is 13.0 Å². The summed E-state index contributed by atoms with van der Waals surface area (Å²) in [6.07, 6.45) is 1.36. The molecule has 0 atom stereocenters. The number of benzene rings is 1. The molecule has 1 aromatic rings. The van der Waals surface area contributed by atoms with Crippen molar-refractivity contribution in [1.29, 1.82) is 0 Å². The maximum Gasteiger partial charge on any atom is 0.261 e. The van der Waals surface area contributed by atoms with Crippen LogP contribution >= 0.6 is 15.9 Å². The van der Waals surface area contributed by atoms with E-state index < -0.39 is 0 Å². The highest BCUT2D eigenvalue weighted by Crippen LogP contribution is 2.28. The van der Waals surface area contributed by atoms with Crippen LogP contribution in [0.1, 0.15) is 12.5 Å². The molecular weight excluding hydrogens is 270 g/mol. The van der Waals surface area contributed by atoms with Crippen LogP contribution < -0.4 is 4.90 Å². The van der Waals surface area contributed by atoms with E-state index in [1.807, 2.05) is 19.1 Å². The zero-order chi connectivity index (χ0) is 11.9. The van der Waals surface area contributed by atoms with Crippen molar-refractivity contribution in [2.75, 3.05) is 4.90 Å². The molecule has 16 heavy (non-hydrogen) atoms. The van der Waals surface area contributed by atoms with Gasteiger partial charge in [-0.25, -0.2) is 4.90 Å². The smallest absolute Gasteiger partial charge is 0.261 e. The van der Waals surface area contributed by atoms with Gasteiger partial charge in [0, 0.05) is 16.1 Å². The van der Waals surface area contributed by atoms with Crippen molar-refractivity contribution in [3.05, 3.63) is 39.9 Å². The monoisotopic (exact) mass is 279 g/mol. The maximum atomic E-state index is 11.8. The Kier molecular flexibility index (Phi) is 2.68. The molecule has 0 bridgehead atoms. The van der Waals surface area contributed by atoms with Crippen molar-refractivity contribution in [2.45, 2.75) is 13.8 Å². The van der Waals surface area contributed by atoms with Gasteiger partial charge in [-0.2, -0.15) is 0 Å². The number of hydrogen-bond acceptors (Lipinski definition) is 2. The van der Waals surface area contributed by atoms with Crippen LogP contribution in [0.15, 0.2) is 34.3 Å². The molecule has 2 rings (SSSR count). The zero-order valence-electron chi connectivity index (χ0n) is 8.95. The molecule has 0 aromatic heterocycles. The van der Waals surface area contributed by atoms with Gasteiger partial charge < -0.3 is 0 Å². The second kappa shape index (κ2) is 3.87. The predicted molar refractivity (Wildman–Crippen MR) is 65.1 cm³/mol. The van der Waals surface area contributed by atoms with Crippen molar-refractivity contribution >= 4 is 33.4 Å². The number of aryl methyl sites for hydroxylation is 1. The molecule has 4 heteroatoms. The van der Waals surface area contributed by atoms with Crippen LogP contribution in [0.3, 0.4) is 0 Å². The van der Waals surface area contributed by atoms with E-state index in [1.165, 1.54) is 11.0 Å². The standard InChI is InChI=1S/C12H10BrNO2/c1-7-3-4-9(13)6-10(7)14-11(15)5-8(2)12(14)16/h3-6H,1-2H3. The van der Waals surface area contributed by atoms with Gasteiger partial charge in [0.2, 0.25) is 0 Å². The zero-order valence-corrected chi connectivity index (χ0v) is 10.5. The number of halogens is 1. The number of carbonyl (C=O) groups excluding carboxylic acids is 2. The summed E-state index contributed by atoms with van der Waals surface area (Å²) in [6, 6.07) is 5.52. The van der Waals surface area contributed by atoms with Crippen molar-refractivity contribution < 1.29 is 9.59 Å². The number of amides is 2. The van der Waals surface area contributed by atoms with E-state index in [-0.39, 0.29) is 11.8 Å². The second-order valence-electron chi connectivity index (χ2n) is 3.74. The van der Waals surface area contributed by atoms with Crippen LogP contribution in [-0.2, 0) is 9.59 Å². The molecule has 1 aromatic carbocycles. The minimum Gasteiger partial charge on any atom is -0.269 e. The highest BCUT2D eigenvalue weighted by Gasteiger charge is 2.30. The number of rotatable bonds is 1. The molecule has 2 amide bonds. The summed E-state index contributed by atoms with van der Waals surface area (Å²) in [7, 11) is 0. The topological polar surface area (TPSA) is 37.4 Å². The van der Waals surface area contributed by atoms with E-state index in [4.69, 9.17) is 0 Å². The van der Waals surface area contributed by atoms with E-state index in [9.17, 15) is 9.59 Å². The van der Waals surface area contributed by atoms with Gasteiger partial charge in [-0.05, 0) is 31.5 Å². The predicted octanol–water partition coefficient (Wildman–Crippen LogP) is 2.58. The first-order chi connectivity index (χ1) is 7.50. The molecule has 82 valence electrons. The number of imide groups is 1. The van der Waals surface area contributed by atoms with Crippen molar-refractivity contribution in [2.24, 2.45) is 0 Å². The van der Waals surface area contributed by atoms with Crippen LogP contribution in [-0.4, -0.2) is 11.8 Å². The molecule has 0 unspecified atom stereocenters. The lowest BCUT2D eigenvalue weighted by molar-refractivity contribution is -0.120. The average Bonchev–Trinajstić information content (AvgIpc) is 2.46. The Morgan fingerprint density at radius 1 is 1.19 bits per heavy atom. The Balaban J connectivity index is 2.50. The van der Waals surface area contributed by atoms with Crippen LogP contribution in [0.2, 0.25) is 0 Å². The van der Waals surface area contributed by atoms with E-state index in [0.29, 0.717) is 11.3 Å². The van der Waals surface area contributed by atoms with Gasteiger partial charge in [0.25, 0.3) is 11.8 Å². The van der Waals surface area contributed by atoms with Crippen molar-refractivity contribution in [3.63, 3.8) is 0 Å². The van der Waals surface area contributed by atoms with Crippen molar-refractivity contribution in [1.82, 2.24) is 0 Å². The molecule has 0 radical (unpaired) electrons. The number of anilines is 1. The van der Waals surface area contributed by atoms with Crippen LogP contribution in [0, 0.1) is 6.92 Å². The highest BCUT2D eigenvalue weighted by molar-refractivity contribution is 9.10. The lowest BCUT2D eigenvalue weighted by atomic mass is 10.2. The summed E-state index contributed by atoms with van der Waals surface area (Å²) in [4.78, 5) is 24.7. The second-order valence-corrected chi connectivity index (χ2v) is 4.65. The molecule has 3 nitrogen and oxygen atoms in total. The Morgan fingerprint density at radius 2 is 1.88 bits per heavy atom. The van der Waals surface area contributed by atoms with Gasteiger partial charge in [0.05, 0.1) is 5.69 Å². The molecule has 0 N–H and O–H groups in total. The number of hydrogen-bond donors (Lipinski definition) is 0. The third kappa shape index (κ3) is 1.69. The fourth-order valence-electron chi connectivity index (χ4n) is 1.64. The van der Waals surface area contributed by atoms with Crippen LogP contribution in [0.5, 0.6) is 0 Å². The molecule has 1 aliphatic rings. The molecule has 1 heterocycles. The van der Waals surface area contributed by atoms with Gasteiger partial charge in [0.15, 0.2) is 0 Å². The Labute approximate surface area is 102 Å². The normalized spacial score (nSPS) is 15.7. The number of carbonyl (C=O) groups is 2. The first-order valence-electron chi connectivity index (χ1n) is 4.83. The van der Waals surface area contributed by atoms with E-state index in [2.05, 4.69) is 15.9 Å². The van der Waals surface area contributed by atoms with E-state index >= 15 is 0 Å². The molecular formula is C12H10BrNO2. The quantitative estimate of drug-likeness (QED) is 0.741. The lowest BCUT2D eigenvalue weighted by Gasteiger charge is -2.17. The first-order valence-corrected chi connectivity index (χ1v) is 5.63. The largest absolute Gasteiger partial charge is 0.269 e. The van der Waals surface area contributed by atoms with Crippen molar-refractivity contribution in [3.8, 4) is 0 Å². The Bertz CT molecular complexity index is 520.